The standard InChI is InChI=1S/C16H21BrN2O/c1-11-9-12(17)4-7-15(11)16(20)19(14-5-6-14)10-13-3-2-8-18-13/h4,7,9,13-14,18H,2-3,5-6,8,10H2,1H3. The molecule has 1 aromatic rings. The lowest BCUT2D eigenvalue weighted by Crippen LogP contribution is -2.42. The van der Waals surface area contributed by atoms with Crippen LogP contribution in [0.4, 0.5) is 0 Å². The summed E-state index contributed by atoms with van der Waals surface area (Å²) >= 11 is 3.46. The van der Waals surface area contributed by atoms with Gasteiger partial charge in [-0.2, -0.15) is 0 Å². The first-order chi connectivity index (χ1) is 9.65. The normalized spacial score (nSPS) is 22.0. The Hall–Kier alpha value is -0.870. The Labute approximate surface area is 128 Å². The zero-order valence-corrected chi connectivity index (χ0v) is 13.4. The van der Waals surface area contributed by atoms with Crippen molar-refractivity contribution in [2.45, 2.75) is 44.7 Å². The van der Waals surface area contributed by atoms with E-state index < -0.39 is 0 Å². The zero-order chi connectivity index (χ0) is 14.1. The van der Waals surface area contributed by atoms with E-state index in [0.29, 0.717) is 12.1 Å². The molecule has 1 unspecified atom stereocenters. The summed E-state index contributed by atoms with van der Waals surface area (Å²) in [6.07, 6.45) is 4.74. The monoisotopic (exact) mass is 336 g/mol. The fourth-order valence-corrected chi connectivity index (χ4v) is 3.43. The highest BCUT2D eigenvalue weighted by Gasteiger charge is 2.35. The number of benzene rings is 1. The Balaban J connectivity index is 1.77. The zero-order valence-electron chi connectivity index (χ0n) is 11.9. The maximum Gasteiger partial charge on any atom is 0.254 e. The first-order valence-electron chi connectivity index (χ1n) is 7.45. The highest BCUT2D eigenvalue weighted by Crippen LogP contribution is 2.30. The Morgan fingerprint density at radius 2 is 2.20 bits per heavy atom. The van der Waals surface area contributed by atoms with Crippen LogP contribution in [0.3, 0.4) is 0 Å². The van der Waals surface area contributed by atoms with E-state index in [9.17, 15) is 4.79 Å². The van der Waals surface area contributed by atoms with E-state index in [0.717, 1.165) is 41.5 Å². The van der Waals surface area contributed by atoms with E-state index in [1.54, 1.807) is 0 Å². The number of halogens is 1. The Morgan fingerprint density at radius 1 is 1.40 bits per heavy atom. The molecule has 1 atom stereocenters. The maximum absolute atomic E-state index is 12.8. The van der Waals surface area contributed by atoms with Crippen LogP contribution in [0.2, 0.25) is 0 Å². The van der Waals surface area contributed by atoms with Gasteiger partial charge < -0.3 is 10.2 Å². The molecule has 1 saturated heterocycles. The van der Waals surface area contributed by atoms with Gasteiger partial charge in [0.2, 0.25) is 0 Å². The van der Waals surface area contributed by atoms with Crippen molar-refractivity contribution >= 4 is 21.8 Å². The molecule has 20 heavy (non-hydrogen) atoms. The SMILES string of the molecule is Cc1cc(Br)ccc1C(=O)N(CC1CCCN1)C1CC1. The molecule has 1 amide bonds. The molecule has 1 N–H and O–H groups in total. The molecular formula is C16H21BrN2O. The second-order valence-corrected chi connectivity index (χ2v) is 6.86. The Bertz CT molecular complexity index is 507. The molecule has 4 heteroatoms. The number of amides is 1. The van der Waals surface area contributed by atoms with Crippen LogP contribution >= 0.6 is 15.9 Å². The summed E-state index contributed by atoms with van der Waals surface area (Å²) in [5, 5.41) is 3.50. The summed E-state index contributed by atoms with van der Waals surface area (Å²) in [4.78, 5) is 14.9. The summed E-state index contributed by atoms with van der Waals surface area (Å²) in [7, 11) is 0. The van der Waals surface area contributed by atoms with Gasteiger partial charge in [0.05, 0.1) is 0 Å². The first kappa shape index (κ1) is 14.1. The molecule has 3 nitrogen and oxygen atoms in total. The molecule has 1 aromatic carbocycles. The van der Waals surface area contributed by atoms with Crippen LogP contribution in [0.1, 0.15) is 41.6 Å². The number of nitrogens with zero attached hydrogens (tertiary/aromatic N) is 1. The molecule has 3 rings (SSSR count). The summed E-state index contributed by atoms with van der Waals surface area (Å²) in [5.41, 5.74) is 1.90. The van der Waals surface area contributed by atoms with Gasteiger partial charge >= 0.3 is 0 Å². The molecule has 1 aliphatic heterocycles. The third-order valence-corrected chi connectivity index (χ3v) is 4.74. The average molecular weight is 337 g/mol. The summed E-state index contributed by atoms with van der Waals surface area (Å²) < 4.78 is 1.03. The third-order valence-electron chi connectivity index (χ3n) is 4.25. The van der Waals surface area contributed by atoms with Crippen molar-refractivity contribution in [3.63, 3.8) is 0 Å². The van der Waals surface area contributed by atoms with Crippen LogP contribution in [0.5, 0.6) is 0 Å². The number of carbonyl (C=O) groups is 1. The van der Waals surface area contributed by atoms with Gasteiger partial charge in [-0.15, -0.1) is 0 Å². The minimum absolute atomic E-state index is 0.200. The van der Waals surface area contributed by atoms with E-state index in [1.165, 1.54) is 12.8 Å². The lowest BCUT2D eigenvalue weighted by molar-refractivity contribution is 0.0728. The van der Waals surface area contributed by atoms with Gasteiger partial charge in [0, 0.05) is 28.7 Å². The van der Waals surface area contributed by atoms with E-state index in [2.05, 4.69) is 26.1 Å². The van der Waals surface area contributed by atoms with E-state index in [4.69, 9.17) is 0 Å². The van der Waals surface area contributed by atoms with Crippen molar-refractivity contribution in [1.82, 2.24) is 10.2 Å². The predicted molar refractivity (Wildman–Crippen MR) is 84.0 cm³/mol. The van der Waals surface area contributed by atoms with Crippen LogP contribution < -0.4 is 5.32 Å². The van der Waals surface area contributed by atoms with Gasteiger partial charge in [0.15, 0.2) is 0 Å². The average Bonchev–Trinajstić information content (AvgIpc) is 3.12. The number of aryl methyl sites for hydroxylation is 1. The minimum atomic E-state index is 0.200. The van der Waals surface area contributed by atoms with Crippen LogP contribution in [0, 0.1) is 6.92 Å². The molecule has 1 saturated carbocycles. The minimum Gasteiger partial charge on any atom is -0.334 e. The Morgan fingerprint density at radius 3 is 2.80 bits per heavy atom. The number of nitrogens with one attached hydrogen (secondary N) is 1. The van der Waals surface area contributed by atoms with E-state index in [-0.39, 0.29) is 5.91 Å². The second-order valence-electron chi connectivity index (χ2n) is 5.94. The molecule has 0 aromatic heterocycles. The number of hydrogen-bond acceptors (Lipinski definition) is 2. The molecule has 0 spiro atoms. The second kappa shape index (κ2) is 5.86. The van der Waals surface area contributed by atoms with Crippen LogP contribution in [0.25, 0.3) is 0 Å². The highest BCUT2D eigenvalue weighted by molar-refractivity contribution is 9.10. The topological polar surface area (TPSA) is 32.3 Å². The van der Waals surface area contributed by atoms with Crippen molar-refractivity contribution < 1.29 is 4.79 Å². The van der Waals surface area contributed by atoms with Gasteiger partial charge in [0.1, 0.15) is 0 Å². The van der Waals surface area contributed by atoms with Crippen molar-refractivity contribution in [2.24, 2.45) is 0 Å². The number of rotatable bonds is 4. The number of hydrogen-bond donors (Lipinski definition) is 1. The fraction of sp³-hybridized carbons (Fsp3) is 0.562. The molecule has 1 heterocycles. The molecule has 1 aliphatic carbocycles. The summed E-state index contributed by atoms with van der Waals surface area (Å²) in [6.45, 7) is 3.96. The van der Waals surface area contributed by atoms with Crippen LogP contribution in [-0.4, -0.2) is 36.0 Å². The van der Waals surface area contributed by atoms with Crippen molar-refractivity contribution in [3.8, 4) is 0 Å². The highest BCUT2D eigenvalue weighted by atomic mass is 79.9. The van der Waals surface area contributed by atoms with Gasteiger partial charge in [-0.05, 0) is 62.9 Å². The molecule has 2 fully saturated rings. The maximum atomic E-state index is 12.8. The summed E-state index contributed by atoms with van der Waals surface area (Å²) in [6, 6.07) is 6.87. The van der Waals surface area contributed by atoms with Gasteiger partial charge in [-0.25, -0.2) is 0 Å². The number of carbonyl (C=O) groups excluding carboxylic acids is 1. The van der Waals surface area contributed by atoms with Crippen LogP contribution in [-0.2, 0) is 0 Å². The van der Waals surface area contributed by atoms with Gasteiger partial charge in [0.25, 0.3) is 5.91 Å². The van der Waals surface area contributed by atoms with E-state index in [1.807, 2.05) is 25.1 Å². The first-order valence-corrected chi connectivity index (χ1v) is 8.25. The molecular weight excluding hydrogens is 316 g/mol. The molecule has 2 aliphatic rings. The van der Waals surface area contributed by atoms with Gasteiger partial charge in [-0.3, -0.25) is 4.79 Å². The summed E-state index contributed by atoms with van der Waals surface area (Å²) in [5.74, 6) is 0.200. The fourth-order valence-electron chi connectivity index (χ4n) is 2.96. The lowest BCUT2D eigenvalue weighted by atomic mass is 10.1. The van der Waals surface area contributed by atoms with Crippen molar-refractivity contribution in [1.29, 1.82) is 0 Å². The Kier molecular flexibility index (Phi) is 4.13. The molecule has 0 bridgehead atoms. The lowest BCUT2D eigenvalue weighted by Gasteiger charge is -2.26. The molecule has 108 valence electrons. The molecule has 0 radical (unpaired) electrons. The van der Waals surface area contributed by atoms with Gasteiger partial charge in [-0.1, -0.05) is 15.9 Å². The van der Waals surface area contributed by atoms with Crippen molar-refractivity contribution in [2.75, 3.05) is 13.1 Å². The quantitative estimate of drug-likeness (QED) is 0.916. The van der Waals surface area contributed by atoms with Crippen molar-refractivity contribution in [3.05, 3.63) is 33.8 Å². The van der Waals surface area contributed by atoms with E-state index >= 15 is 0 Å². The smallest absolute Gasteiger partial charge is 0.254 e. The van der Waals surface area contributed by atoms with Crippen LogP contribution in [0.15, 0.2) is 22.7 Å². The third kappa shape index (κ3) is 3.07. The predicted octanol–water partition coefficient (Wildman–Crippen LogP) is 3.11. The largest absolute Gasteiger partial charge is 0.334 e.